The molecule has 0 spiro atoms. The molecule has 0 bridgehead atoms. The maximum absolute atomic E-state index is 5.40. The Hall–Kier alpha value is -1.46. The van der Waals surface area contributed by atoms with Crippen molar-refractivity contribution in [3.05, 3.63) is 41.1 Å². The maximum Gasteiger partial charge on any atom is 0.159 e. The lowest BCUT2D eigenvalue weighted by atomic mass is 10.2. The fourth-order valence-corrected chi connectivity index (χ4v) is 1.65. The Morgan fingerprint density at radius 2 is 1.76 bits per heavy atom. The number of aromatic nitrogens is 2. The molecular formula is C12H13BrN4. The summed E-state index contributed by atoms with van der Waals surface area (Å²) in [4.78, 5) is 8.60. The number of benzene rings is 1. The third-order valence-corrected chi connectivity index (χ3v) is 2.76. The van der Waals surface area contributed by atoms with Crippen LogP contribution >= 0.6 is 15.9 Å². The molecule has 17 heavy (non-hydrogen) atoms. The number of nitrogens with two attached hydrogens (primary N) is 1. The topological polar surface area (TPSA) is 63.8 Å². The second-order valence-corrected chi connectivity index (χ2v) is 4.43. The van der Waals surface area contributed by atoms with Crippen molar-refractivity contribution >= 4 is 21.6 Å². The standard InChI is InChI=1S/C12H13BrN4/c13-10-3-1-9(2-4-10)12-16-7-11(8-17-12)15-6-5-14/h1-4,7-8,15H,5-6,14H2. The number of hydrogen-bond acceptors (Lipinski definition) is 4. The third kappa shape index (κ3) is 3.25. The van der Waals surface area contributed by atoms with Crippen LogP contribution in [0.15, 0.2) is 41.1 Å². The van der Waals surface area contributed by atoms with Gasteiger partial charge in [0.05, 0.1) is 18.1 Å². The number of hydrogen-bond donors (Lipinski definition) is 2. The van der Waals surface area contributed by atoms with Crippen molar-refractivity contribution in [3.8, 4) is 11.4 Å². The maximum atomic E-state index is 5.40. The molecule has 0 amide bonds. The molecule has 0 saturated carbocycles. The van der Waals surface area contributed by atoms with Crippen LogP contribution in [0.5, 0.6) is 0 Å². The Balaban J connectivity index is 2.14. The van der Waals surface area contributed by atoms with Crippen molar-refractivity contribution in [1.82, 2.24) is 9.97 Å². The van der Waals surface area contributed by atoms with Crippen molar-refractivity contribution < 1.29 is 0 Å². The molecule has 1 heterocycles. The van der Waals surface area contributed by atoms with E-state index in [4.69, 9.17) is 5.73 Å². The first-order valence-electron chi connectivity index (χ1n) is 5.31. The van der Waals surface area contributed by atoms with Crippen molar-refractivity contribution in [2.45, 2.75) is 0 Å². The van der Waals surface area contributed by atoms with E-state index >= 15 is 0 Å². The highest BCUT2D eigenvalue weighted by Gasteiger charge is 2.00. The van der Waals surface area contributed by atoms with Gasteiger partial charge in [0.2, 0.25) is 0 Å². The zero-order valence-corrected chi connectivity index (χ0v) is 10.8. The fraction of sp³-hybridized carbons (Fsp3) is 0.167. The molecule has 88 valence electrons. The van der Waals surface area contributed by atoms with Gasteiger partial charge in [-0.2, -0.15) is 0 Å². The van der Waals surface area contributed by atoms with Gasteiger partial charge in [0.1, 0.15) is 0 Å². The van der Waals surface area contributed by atoms with Gasteiger partial charge in [0.25, 0.3) is 0 Å². The first-order chi connectivity index (χ1) is 8.29. The molecule has 2 aromatic rings. The summed E-state index contributed by atoms with van der Waals surface area (Å²) in [6, 6.07) is 7.90. The molecule has 2 rings (SSSR count). The minimum atomic E-state index is 0.592. The highest BCUT2D eigenvalue weighted by molar-refractivity contribution is 9.10. The second kappa shape index (κ2) is 5.75. The van der Waals surface area contributed by atoms with E-state index in [1.54, 1.807) is 12.4 Å². The Kier molecular flexibility index (Phi) is 4.06. The largest absolute Gasteiger partial charge is 0.381 e. The SMILES string of the molecule is NCCNc1cnc(-c2ccc(Br)cc2)nc1. The predicted molar refractivity (Wildman–Crippen MR) is 72.7 cm³/mol. The molecular weight excluding hydrogens is 280 g/mol. The quantitative estimate of drug-likeness (QED) is 0.907. The number of nitrogens with zero attached hydrogens (tertiary/aromatic N) is 2. The van der Waals surface area contributed by atoms with Gasteiger partial charge in [0, 0.05) is 23.1 Å². The minimum Gasteiger partial charge on any atom is -0.381 e. The molecule has 0 aliphatic rings. The van der Waals surface area contributed by atoms with E-state index in [0.29, 0.717) is 6.54 Å². The molecule has 0 radical (unpaired) electrons. The van der Waals surface area contributed by atoms with E-state index in [2.05, 4.69) is 31.2 Å². The van der Waals surface area contributed by atoms with Gasteiger partial charge >= 0.3 is 0 Å². The Morgan fingerprint density at radius 3 is 2.35 bits per heavy atom. The first-order valence-corrected chi connectivity index (χ1v) is 6.11. The van der Waals surface area contributed by atoms with Gasteiger partial charge in [-0.25, -0.2) is 9.97 Å². The second-order valence-electron chi connectivity index (χ2n) is 3.52. The lowest BCUT2D eigenvalue weighted by molar-refractivity contribution is 1.02. The van der Waals surface area contributed by atoms with E-state index < -0.39 is 0 Å². The van der Waals surface area contributed by atoms with Gasteiger partial charge < -0.3 is 11.1 Å². The van der Waals surface area contributed by atoms with Gasteiger partial charge in [-0.05, 0) is 12.1 Å². The smallest absolute Gasteiger partial charge is 0.159 e. The summed E-state index contributed by atoms with van der Waals surface area (Å²) in [6.45, 7) is 1.31. The van der Waals surface area contributed by atoms with Crippen LogP contribution in [0.25, 0.3) is 11.4 Å². The van der Waals surface area contributed by atoms with Gasteiger partial charge in [-0.15, -0.1) is 0 Å². The number of anilines is 1. The lowest BCUT2D eigenvalue weighted by Crippen LogP contribution is -2.13. The van der Waals surface area contributed by atoms with Crippen LogP contribution in [-0.2, 0) is 0 Å². The molecule has 0 fully saturated rings. The van der Waals surface area contributed by atoms with E-state index in [1.165, 1.54) is 0 Å². The normalized spacial score (nSPS) is 10.2. The summed E-state index contributed by atoms with van der Waals surface area (Å²) in [5.41, 5.74) is 7.29. The summed E-state index contributed by atoms with van der Waals surface area (Å²) in [5.74, 6) is 0.718. The average molecular weight is 293 g/mol. The molecule has 0 saturated heterocycles. The number of rotatable bonds is 4. The molecule has 1 aromatic heterocycles. The van der Waals surface area contributed by atoms with Gasteiger partial charge in [-0.1, -0.05) is 28.1 Å². The number of halogens is 1. The zero-order valence-electron chi connectivity index (χ0n) is 9.23. The predicted octanol–water partition coefficient (Wildman–Crippen LogP) is 2.28. The van der Waals surface area contributed by atoms with Crippen LogP contribution in [0.3, 0.4) is 0 Å². The first kappa shape index (κ1) is 12.0. The van der Waals surface area contributed by atoms with E-state index in [-0.39, 0.29) is 0 Å². The fourth-order valence-electron chi connectivity index (χ4n) is 1.38. The summed E-state index contributed by atoms with van der Waals surface area (Å²) in [7, 11) is 0. The summed E-state index contributed by atoms with van der Waals surface area (Å²) in [6.07, 6.45) is 3.53. The lowest BCUT2D eigenvalue weighted by Gasteiger charge is -2.04. The highest BCUT2D eigenvalue weighted by atomic mass is 79.9. The van der Waals surface area contributed by atoms with E-state index in [9.17, 15) is 0 Å². The molecule has 1 aromatic carbocycles. The molecule has 0 atom stereocenters. The van der Waals surface area contributed by atoms with Crippen LogP contribution in [0, 0.1) is 0 Å². The molecule has 5 heteroatoms. The van der Waals surface area contributed by atoms with Crippen LogP contribution in [0.2, 0.25) is 0 Å². The zero-order chi connectivity index (χ0) is 12.1. The summed E-state index contributed by atoms with van der Waals surface area (Å²) >= 11 is 3.40. The van der Waals surface area contributed by atoms with Crippen LogP contribution in [0.1, 0.15) is 0 Å². The van der Waals surface area contributed by atoms with Crippen LogP contribution in [0.4, 0.5) is 5.69 Å². The molecule has 4 nitrogen and oxygen atoms in total. The van der Waals surface area contributed by atoms with Crippen molar-refractivity contribution in [1.29, 1.82) is 0 Å². The minimum absolute atomic E-state index is 0.592. The molecule has 0 unspecified atom stereocenters. The Bertz CT molecular complexity index is 467. The number of nitrogens with one attached hydrogen (secondary N) is 1. The van der Waals surface area contributed by atoms with E-state index in [1.807, 2.05) is 24.3 Å². The van der Waals surface area contributed by atoms with Crippen LogP contribution in [-0.4, -0.2) is 23.1 Å². The molecule has 0 aliphatic heterocycles. The highest BCUT2D eigenvalue weighted by Crippen LogP contribution is 2.18. The van der Waals surface area contributed by atoms with Crippen LogP contribution < -0.4 is 11.1 Å². The Labute approximate surface area is 108 Å². The monoisotopic (exact) mass is 292 g/mol. The Morgan fingerprint density at radius 1 is 1.12 bits per heavy atom. The van der Waals surface area contributed by atoms with Gasteiger partial charge in [0.15, 0.2) is 5.82 Å². The molecule has 0 aliphatic carbocycles. The summed E-state index contributed by atoms with van der Waals surface area (Å²) in [5, 5.41) is 3.12. The molecule has 3 N–H and O–H groups in total. The van der Waals surface area contributed by atoms with E-state index in [0.717, 1.165) is 28.1 Å². The summed E-state index contributed by atoms with van der Waals surface area (Å²) < 4.78 is 1.04. The third-order valence-electron chi connectivity index (χ3n) is 2.23. The van der Waals surface area contributed by atoms with Crippen molar-refractivity contribution in [2.75, 3.05) is 18.4 Å². The van der Waals surface area contributed by atoms with Crippen molar-refractivity contribution in [2.24, 2.45) is 5.73 Å². The average Bonchev–Trinajstić information content (AvgIpc) is 2.38. The van der Waals surface area contributed by atoms with Crippen molar-refractivity contribution in [3.63, 3.8) is 0 Å². The van der Waals surface area contributed by atoms with Gasteiger partial charge in [-0.3, -0.25) is 0 Å².